The number of amides is 2. The van der Waals surface area contributed by atoms with Crippen LogP contribution in [0.4, 0.5) is 11.4 Å². The maximum absolute atomic E-state index is 13.4. The molecule has 2 amide bonds. The van der Waals surface area contributed by atoms with E-state index in [0.717, 1.165) is 11.1 Å². The Morgan fingerprint density at radius 1 is 0.700 bits per heavy atom. The Morgan fingerprint density at radius 3 is 1.58 bits per heavy atom. The van der Waals surface area contributed by atoms with Gasteiger partial charge in [0.15, 0.2) is 23.0 Å². The molecule has 4 aliphatic heterocycles. The van der Waals surface area contributed by atoms with Crippen LogP contribution in [-0.2, 0) is 18.0 Å². The van der Waals surface area contributed by atoms with Crippen molar-refractivity contribution in [1.29, 1.82) is 0 Å². The molecule has 0 aliphatic carbocycles. The van der Waals surface area contributed by atoms with Crippen molar-refractivity contribution in [3.8, 4) is 23.0 Å². The normalized spacial score (nSPS) is 18.9. The predicted octanol–water partition coefficient (Wildman–Crippen LogP) is 5.62. The molecule has 2 atom stereocenters. The van der Waals surface area contributed by atoms with Gasteiger partial charge in [0.1, 0.15) is 13.2 Å². The Kier molecular flexibility index (Phi) is 8.60. The SMILES string of the molecule is C=C1C[C@H]2C=Nc3cc(OCc4cc(COc5cc6c(cc5OC)C(=O)N5CC(=C)C[C@H]5C=N6)cc(C(=O)OC)c4)c(OC)cc3C(=O)N2C1. The molecular formula is C38H36N4O8. The van der Waals surface area contributed by atoms with E-state index in [0.29, 0.717) is 88.1 Å². The molecule has 0 bridgehead atoms. The smallest absolute Gasteiger partial charge is 0.337 e. The number of carbonyl (C=O) groups excluding carboxylic acids is 3. The van der Waals surface area contributed by atoms with Crippen molar-refractivity contribution in [1.82, 2.24) is 9.80 Å². The van der Waals surface area contributed by atoms with Crippen molar-refractivity contribution >= 4 is 41.6 Å². The molecule has 12 nitrogen and oxygen atoms in total. The van der Waals surface area contributed by atoms with Gasteiger partial charge in [0.05, 0.1) is 61.5 Å². The van der Waals surface area contributed by atoms with Crippen LogP contribution in [0, 0.1) is 0 Å². The largest absolute Gasteiger partial charge is 0.493 e. The molecule has 4 aliphatic rings. The number of aliphatic imine (C=N–C) groups is 2. The fourth-order valence-corrected chi connectivity index (χ4v) is 6.70. The Labute approximate surface area is 289 Å². The lowest BCUT2D eigenvalue weighted by atomic mass is 10.1. The predicted molar refractivity (Wildman–Crippen MR) is 186 cm³/mol. The van der Waals surface area contributed by atoms with Crippen molar-refractivity contribution in [2.24, 2.45) is 9.98 Å². The molecule has 2 fully saturated rings. The molecule has 50 heavy (non-hydrogen) atoms. The molecule has 256 valence electrons. The molecule has 7 rings (SSSR count). The summed E-state index contributed by atoms with van der Waals surface area (Å²) in [5.74, 6) is 0.717. The van der Waals surface area contributed by atoms with Crippen molar-refractivity contribution < 1.29 is 38.1 Å². The van der Waals surface area contributed by atoms with E-state index in [9.17, 15) is 14.4 Å². The van der Waals surface area contributed by atoms with Crippen LogP contribution in [0.3, 0.4) is 0 Å². The minimum absolute atomic E-state index is 0.0578. The van der Waals surface area contributed by atoms with E-state index in [1.165, 1.54) is 21.3 Å². The van der Waals surface area contributed by atoms with E-state index >= 15 is 0 Å². The number of nitrogens with zero attached hydrogens (tertiary/aromatic N) is 4. The van der Waals surface area contributed by atoms with Crippen molar-refractivity contribution in [3.63, 3.8) is 0 Å². The number of fused-ring (bicyclic) bond motifs is 4. The van der Waals surface area contributed by atoms with Crippen LogP contribution >= 0.6 is 0 Å². The lowest BCUT2D eigenvalue weighted by molar-refractivity contribution is 0.0599. The van der Waals surface area contributed by atoms with Crippen LogP contribution in [0.1, 0.15) is 55.0 Å². The minimum Gasteiger partial charge on any atom is -0.493 e. The van der Waals surface area contributed by atoms with Crippen LogP contribution in [0.15, 0.2) is 76.8 Å². The second-order valence-corrected chi connectivity index (χ2v) is 12.6. The highest BCUT2D eigenvalue weighted by molar-refractivity contribution is 6.04. The Morgan fingerprint density at radius 2 is 1.16 bits per heavy atom. The summed E-state index contributed by atoms with van der Waals surface area (Å²) in [7, 11) is 4.32. The van der Waals surface area contributed by atoms with Gasteiger partial charge in [0, 0.05) is 37.7 Å². The maximum atomic E-state index is 13.4. The summed E-state index contributed by atoms with van der Waals surface area (Å²) in [6.07, 6.45) is 4.89. The fraction of sp³-hybridized carbons (Fsp3) is 0.289. The van der Waals surface area contributed by atoms with Gasteiger partial charge in [-0.25, -0.2) is 4.79 Å². The van der Waals surface area contributed by atoms with Gasteiger partial charge in [-0.2, -0.15) is 0 Å². The lowest BCUT2D eigenvalue weighted by Gasteiger charge is -2.20. The summed E-state index contributed by atoms with van der Waals surface area (Å²) < 4.78 is 28.6. The van der Waals surface area contributed by atoms with Gasteiger partial charge in [-0.15, -0.1) is 0 Å². The molecule has 3 aromatic carbocycles. The summed E-state index contributed by atoms with van der Waals surface area (Å²) in [4.78, 5) is 52.1. The number of esters is 1. The average molecular weight is 677 g/mol. The highest BCUT2D eigenvalue weighted by Crippen LogP contribution is 2.40. The first kappa shape index (κ1) is 32.6. The number of hydrogen-bond acceptors (Lipinski definition) is 10. The first-order valence-corrected chi connectivity index (χ1v) is 16.1. The fourth-order valence-electron chi connectivity index (χ4n) is 6.70. The van der Waals surface area contributed by atoms with Crippen molar-refractivity contribution in [3.05, 3.63) is 94.6 Å². The number of carbonyl (C=O) groups is 3. The van der Waals surface area contributed by atoms with Crippen molar-refractivity contribution in [2.45, 2.75) is 38.1 Å². The van der Waals surface area contributed by atoms with Gasteiger partial charge in [0.25, 0.3) is 11.8 Å². The number of hydrogen-bond donors (Lipinski definition) is 0. The third kappa shape index (κ3) is 6.08. The van der Waals surface area contributed by atoms with Crippen LogP contribution in [0.25, 0.3) is 0 Å². The van der Waals surface area contributed by atoms with E-state index in [-0.39, 0.29) is 37.1 Å². The van der Waals surface area contributed by atoms with Gasteiger partial charge in [-0.3, -0.25) is 19.6 Å². The molecular weight excluding hydrogens is 640 g/mol. The standard InChI is InChI=1S/C38H36N4O8/c1-21-6-26-15-39-30-13-34(32(46-3)11-28(30)36(43)41(26)17-21)49-19-23-8-24(10-25(9-23)38(45)48-5)20-50-35-14-31-29(12-33(35)47-4)37(44)42-18-22(2)7-27(42)16-40-31/h8-16,26-27H,1-2,6-7,17-20H2,3-5H3/t26-,27-/m0/s1. The molecule has 0 N–H and O–H groups in total. The number of ether oxygens (including phenoxy) is 5. The van der Waals surface area contributed by atoms with Gasteiger partial charge in [0.2, 0.25) is 0 Å². The number of methoxy groups -OCH3 is 3. The summed E-state index contributed by atoms with van der Waals surface area (Å²) in [6, 6.07) is 11.6. The summed E-state index contributed by atoms with van der Waals surface area (Å²) in [6.45, 7) is 9.16. The van der Waals surface area contributed by atoms with E-state index in [1.807, 2.05) is 6.07 Å². The van der Waals surface area contributed by atoms with E-state index in [2.05, 4.69) is 23.1 Å². The first-order valence-electron chi connectivity index (χ1n) is 16.1. The highest BCUT2D eigenvalue weighted by atomic mass is 16.5. The maximum Gasteiger partial charge on any atom is 0.337 e. The Hall–Kier alpha value is -5.91. The number of benzene rings is 3. The molecule has 0 aromatic heterocycles. The monoisotopic (exact) mass is 676 g/mol. The lowest BCUT2D eigenvalue weighted by Crippen LogP contribution is -2.35. The van der Waals surface area contributed by atoms with Crippen LogP contribution in [0.2, 0.25) is 0 Å². The molecule has 0 spiro atoms. The molecule has 0 unspecified atom stereocenters. The zero-order valence-electron chi connectivity index (χ0n) is 28.1. The topological polar surface area (TPSA) is 129 Å². The second kappa shape index (κ2) is 13.2. The first-order chi connectivity index (χ1) is 24.1. The Balaban J connectivity index is 1.13. The molecule has 12 heteroatoms. The van der Waals surface area contributed by atoms with E-state index in [1.54, 1.807) is 58.6 Å². The van der Waals surface area contributed by atoms with Crippen molar-refractivity contribution in [2.75, 3.05) is 34.4 Å². The average Bonchev–Trinajstić information content (AvgIpc) is 3.63. The third-order valence-corrected chi connectivity index (χ3v) is 9.16. The van der Waals surface area contributed by atoms with E-state index in [4.69, 9.17) is 23.7 Å². The Bertz CT molecular complexity index is 1890. The summed E-state index contributed by atoms with van der Waals surface area (Å²) >= 11 is 0. The number of rotatable bonds is 9. The van der Waals surface area contributed by atoms with Gasteiger partial charge in [-0.05, 0) is 54.3 Å². The van der Waals surface area contributed by atoms with Gasteiger partial charge >= 0.3 is 5.97 Å². The molecule has 0 saturated carbocycles. The summed E-state index contributed by atoms with van der Waals surface area (Å²) in [5.41, 5.74) is 5.41. The molecule has 3 aromatic rings. The third-order valence-electron chi connectivity index (χ3n) is 9.16. The minimum atomic E-state index is -0.523. The van der Waals surface area contributed by atoms with Crippen LogP contribution in [0.5, 0.6) is 23.0 Å². The highest BCUT2D eigenvalue weighted by Gasteiger charge is 2.35. The van der Waals surface area contributed by atoms with Crippen LogP contribution in [-0.4, -0.2) is 86.5 Å². The van der Waals surface area contributed by atoms with Crippen LogP contribution < -0.4 is 18.9 Å². The van der Waals surface area contributed by atoms with Gasteiger partial charge in [-0.1, -0.05) is 24.3 Å². The molecule has 0 radical (unpaired) electrons. The quantitative estimate of drug-likeness (QED) is 0.211. The summed E-state index contributed by atoms with van der Waals surface area (Å²) in [5, 5.41) is 0. The zero-order chi connectivity index (χ0) is 35.1. The second-order valence-electron chi connectivity index (χ2n) is 12.6. The molecule has 2 saturated heterocycles. The zero-order valence-corrected chi connectivity index (χ0v) is 28.1. The van der Waals surface area contributed by atoms with Gasteiger partial charge < -0.3 is 33.5 Å². The molecule has 4 heterocycles. The van der Waals surface area contributed by atoms with E-state index < -0.39 is 5.97 Å².